The van der Waals surface area contributed by atoms with Crippen molar-refractivity contribution in [1.82, 2.24) is 4.90 Å². The van der Waals surface area contributed by atoms with Crippen LogP contribution >= 0.6 is 0 Å². The Morgan fingerprint density at radius 1 is 1.25 bits per heavy atom. The van der Waals surface area contributed by atoms with Crippen molar-refractivity contribution in [2.75, 3.05) is 19.6 Å². The lowest BCUT2D eigenvalue weighted by molar-refractivity contribution is -0.134. The van der Waals surface area contributed by atoms with E-state index in [4.69, 9.17) is 9.90 Å². The van der Waals surface area contributed by atoms with Crippen LogP contribution in [0.25, 0.3) is 0 Å². The SMILES string of the molecule is C1CN2CCC1CC2.CC(=O)O. The minimum absolute atomic E-state index is 0.833. The van der Waals surface area contributed by atoms with Crippen LogP contribution in [0.1, 0.15) is 26.2 Å². The minimum Gasteiger partial charge on any atom is -0.481 e. The van der Waals surface area contributed by atoms with E-state index in [9.17, 15) is 0 Å². The van der Waals surface area contributed by atoms with Gasteiger partial charge in [0.05, 0.1) is 0 Å². The van der Waals surface area contributed by atoms with Crippen LogP contribution in [-0.2, 0) is 4.79 Å². The Morgan fingerprint density at radius 2 is 1.58 bits per heavy atom. The third-order valence-electron chi connectivity index (χ3n) is 2.56. The van der Waals surface area contributed by atoms with Gasteiger partial charge in [-0.15, -0.1) is 0 Å². The van der Waals surface area contributed by atoms with E-state index in [0.29, 0.717) is 0 Å². The van der Waals surface area contributed by atoms with E-state index in [0.717, 1.165) is 12.8 Å². The van der Waals surface area contributed by atoms with Crippen molar-refractivity contribution in [3.8, 4) is 0 Å². The summed E-state index contributed by atoms with van der Waals surface area (Å²) in [5.74, 6) is 0.278. The molecule has 0 spiro atoms. The fourth-order valence-corrected chi connectivity index (χ4v) is 1.86. The van der Waals surface area contributed by atoms with E-state index in [1.807, 2.05) is 0 Å². The Balaban J connectivity index is 0.000000157. The van der Waals surface area contributed by atoms with Gasteiger partial charge >= 0.3 is 0 Å². The number of carbonyl (C=O) groups is 1. The molecule has 3 rings (SSSR count). The van der Waals surface area contributed by atoms with Crippen molar-refractivity contribution in [3.05, 3.63) is 0 Å². The zero-order valence-corrected chi connectivity index (χ0v) is 7.62. The summed E-state index contributed by atoms with van der Waals surface area (Å²) < 4.78 is 0. The molecule has 70 valence electrons. The Kier molecular flexibility index (Phi) is 3.53. The summed E-state index contributed by atoms with van der Waals surface area (Å²) in [6, 6.07) is 0. The fraction of sp³-hybridized carbons (Fsp3) is 0.889. The molecule has 0 aromatic carbocycles. The molecule has 0 atom stereocenters. The minimum atomic E-state index is -0.833. The molecule has 0 saturated carbocycles. The first-order valence-electron chi connectivity index (χ1n) is 4.60. The van der Waals surface area contributed by atoms with Crippen LogP contribution in [0.3, 0.4) is 0 Å². The highest BCUT2D eigenvalue weighted by molar-refractivity contribution is 5.62. The number of piperidine rings is 3. The third-order valence-corrected chi connectivity index (χ3v) is 2.56. The van der Waals surface area contributed by atoms with Gasteiger partial charge < -0.3 is 10.0 Å². The number of carboxylic acid groups (broad SMARTS) is 1. The maximum Gasteiger partial charge on any atom is 0.300 e. The molecule has 3 aliphatic heterocycles. The van der Waals surface area contributed by atoms with E-state index >= 15 is 0 Å². The maximum absolute atomic E-state index is 9.00. The van der Waals surface area contributed by atoms with E-state index in [1.165, 1.54) is 38.9 Å². The average molecular weight is 171 g/mol. The molecular weight excluding hydrogens is 154 g/mol. The van der Waals surface area contributed by atoms with Crippen LogP contribution in [0.4, 0.5) is 0 Å². The normalized spacial score (nSPS) is 32.1. The summed E-state index contributed by atoms with van der Waals surface area (Å²) >= 11 is 0. The van der Waals surface area contributed by atoms with Gasteiger partial charge in [-0.25, -0.2) is 0 Å². The summed E-state index contributed by atoms with van der Waals surface area (Å²) in [5, 5.41) is 7.42. The smallest absolute Gasteiger partial charge is 0.300 e. The van der Waals surface area contributed by atoms with Crippen LogP contribution in [0.5, 0.6) is 0 Å². The molecule has 1 N–H and O–H groups in total. The first-order valence-corrected chi connectivity index (χ1v) is 4.60. The Morgan fingerprint density at radius 3 is 1.67 bits per heavy atom. The molecule has 0 aromatic heterocycles. The van der Waals surface area contributed by atoms with E-state index in [1.54, 1.807) is 0 Å². The van der Waals surface area contributed by atoms with E-state index in [-0.39, 0.29) is 0 Å². The number of hydrogen-bond donors (Lipinski definition) is 1. The van der Waals surface area contributed by atoms with Gasteiger partial charge in [0, 0.05) is 6.92 Å². The zero-order chi connectivity index (χ0) is 8.97. The Hall–Kier alpha value is -0.570. The largest absolute Gasteiger partial charge is 0.481 e. The van der Waals surface area contributed by atoms with Gasteiger partial charge in [-0.2, -0.15) is 0 Å². The van der Waals surface area contributed by atoms with Crippen molar-refractivity contribution < 1.29 is 9.90 Å². The highest BCUT2D eigenvalue weighted by Crippen LogP contribution is 2.26. The third kappa shape index (κ3) is 3.22. The Bertz CT molecular complexity index is 124. The average Bonchev–Trinajstić information content (AvgIpc) is 2.07. The van der Waals surface area contributed by atoms with Crippen molar-refractivity contribution in [3.63, 3.8) is 0 Å². The monoisotopic (exact) mass is 171 g/mol. The van der Waals surface area contributed by atoms with Gasteiger partial charge in [0.25, 0.3) is 5.97 Å². The molecule has 0 unspecified atom stereocenters. The second kappa shape index (κ2) is 4.45. The summed E-state index contributed by atoms with van der Waals surface area (Å²) in [5.41, 5.74) is 0. The fourth-order valence-electron chi connectivity index (χ4n) is 1.86. The molecule has 12 heavy (non-hydrogen) atoms. The molecule has 3 fully saturated rings. The lowest BCUT2D eigenvalue weighted by atomic mass is 9.89. The Labute approximate surface area is 73.4 Å². The summed E-state index contributed by atoms with van der Waals surface area (Å²) in [6.45, 7) is 5.26. The molecule has 0 aliphatic carbocycles. The number of nitrogens with zero attached hydrogens (tertiary/aromatic N) is 1. The molecule has 0 amide bonds. The first-order chi connectivity index (χ1) is 5.68. The molecular formula is C9H17NO2. The van der Waals surface area contributed by atoms with E-state index in [2.05, 4.69) is 4.90 Å². The predicted octanol–water partition coefficient (Wildman–Crippen LogP) is 1.19. The predicted molar refractivity (Wildman–Crippen MR) is 47.1 cm³/mol. The number of rotatable bonds is 0. The van der Waals surface area contributed by atoms with Crippen LogP contribution < -0.4 is 0 Å². The summed E-state index contributed by atoms with van der Waals surface area (Å²) in [6.07, 6.45) is 4.46. The molecule has 3 heterocycles. The van der Waals surface area contributed by atoms with Crippen molar-refractivity contribution >= 4 is 5.97 Å². The maximum atomic E-state index is 9.00. The van der Waals surface area contributed by atoms with Crippen molar-refractivity contribution in [1.29, 1.82) is 0 Å². The molecule has 0 aromatic rings. The molecule has 3 heteroatoms. The lowest BCUT2D eigenvalue weighted by Gasteiger charge is -2.38. The molecule has 3 saturated heterocycles. The first kappa shape index (κ1) is 9.52. The van der Waals surface area contributed by atoms with Crippen LogP contribution in [-0.4, -0.2) is 35.6 Å². The van der Waals surface area contributed by atoms with Gasteiger partial charge in [0.2, 0.25) is 0 Å². The highest BCUT2D eigenvalue weighted by atomic mass is 16.4. The lowest BCUT2D eigenvalue weighted by Crippen LogP contribution is -2.41. The van der Waals surface area contributed by atoms with E-state index < -0.39 is 5.97 Å². The van der Waals surface area contributed by atoms with Crippen molar-refractivity contribution in [2.45, 2.75) is 26.2 Å². The topological polar surface area (TPSA) is 40.5 Å². The van der Waals surface area contributed by atoms with Crippen LogP contribution in [0.2, 0.25) is 0 Å². The second-order valence-electron chi connectivity index (χ2n) is 3.59. The molecule has 0 radical (unpaired) electrons. The summed E-state index contributed by atoms with van der Waals surface area (Å²) in [7, 11) is 0. The van der Waals surface area contributed by atoms with Gasteiger partial charge in [0.15, 0.2) is 0 Å². The highest BCUT2D eigenvalue weighted by Gasteiger charge is 2.24. The standard InChI is InChI=1S/C7H13N.C2H4O2/c1-4-8-5-2-7(1)3-6-8;1-2(3)4/h7H,1-6H2;1H3,(H,3,4). The zero-order valence-electron chi connectivity index (χ0n) is 7.62. The van der Waals surface area contributed by atoms with Gasteiger partial charge in [0.1, 0.15) is 0 Å². The number of carboxylic acids is 1. The van der Waals surface area contributed by atoms with Gasteiger partial charge in [-0.3, -0.25) is 4.79 Å². The number of aliphatic carboxylic acids is 1. The van der Waals surface area contributed by atoms with Crippen LogP contribution in [0, 0.1) is 5.92 Å². The van der Waals surface area contributed by atoms with Gasteiger partial charge in [-0.05, 0) is 44.8 Å². The second-order valence-corrected chi connectivity index (χ2v) is 3.59. The number of hydrogen-bond acceptors (Lipinski definition) is 2. The quantitative estimate of drug-likeness (QED) is 0.595. The molecule has 3 nitrogen and oxygen atoms in total. The molecule has 2 bridgehead atoms. The molecule has 3 aliphatic rings. The summed E-state index contributed by atoms with van der Waals surface area (Å²) in [4.78, 5) is 11.6. The van der Waals surface area contributed by atoms with Gasteiger partial charge in [-0.1, -0.05) is 0 Å². The van der Waals surface area contributed by atoms with Crippen molar-refractivity contribution in [2.24, 2.45) is 5.92 Å². The number of fused-ring (bicyclic) bond motifs is 3. The van der Waals surface area contributed by atoms with Crippen LogP contribution in [0.15, 0.2) is 0 Å².